The fourth-order valence-corrected chi connectivity index (χ4v) is 3.92. The molecule has 28 heavy (non-hydrogen) atoms. The third kappa shape index (κ3) is 2.91. The summed E-state index contributed by atoms with van der Waals surface area (Å²) < 4.78 is 18.1. The van der Waals surface area contributed by atoms with Crippen molar-refractivity contribution in [3.8, 4) is 5.75 Å². The number of nitrogens with zero attached hydrogens (tertiary/aromatic N) is 1. The third-order valence-electron chi connectivity index (χ3n) is 5.27. The molecular formula is C22H19NO5. The van der Waals surface area contributed by atoms with Crippen molar-refractivity contribution in [3.05, 3.63) is 64.3 Å². The van der Waals surface area contributed by atoms with Gasteiger partial charge in [-0.05, 0) is 49.6 Å². The Morgan fingerprint density at radius 3 is 2.82 bits per heavy atom. The quantitative estimate of drug-likeness (QED) is 0.393. The molecule has 2 aromatic carbocycles. The van der Waals surface area contributed by atoms with Gasteiger partial charge in [-0.2, -0.15) is 0 Å². The fourth-order valence-electron chi connectivity index (χ4n) is 3.92. The predicted octanol–water partition coefficient (Wildman–Crippen LogP) is 4.22. The molecule has 5 rings (SSSR count). The van der Waals surface area contributed by atoms with Gasteiger partial charge in [-0.3, -0.25) is 9.36 Å². The molecular weight excluding hydrogens is 358 g/mol. The minimum atomic E-state index is -0.472. The highest BCUT2D eigenvalue weighted by molar-refractivity contribution is 5.85. The lowest BCUT2D eigenvalue weighted by Gasteiger charge is -2.09. The first-order valence-corrected chi connectivity index (χ1v) is 9.52. The molecule has 1 aliphatic rings. The molecule has 0 amide bonds. The maximum Gasteiger partial charge on any atom is 0.419 e. The summed E-state index contributed by atoms with van der Waals surface area (Å²) in [6.07, 6.45) is 4.34. The van der Waals surface area contributed by atoms with Crippen molar-refractivity contribution in [2.75, 3.05) is 0 Å². The van der Waals surface area contributed by atoms with Crippen molar-refractivity contribution < 1.29 is 18.4 Å². The summed E-state index contributed by atoms with van der Waals surface area (Å²) in [4.78, 5) is 24.3. The van der Waals surface area contributed by atoms with Crippen LogP contribution in [0.4, 0.5) is 0 Å². The molecule has 6 nitrogen and oxygen atoms in total. The Labute approximate surface area is 160 Å². The van der Waals surface area contributed by atoms with Crippen molar-refractivity contribution in [2.45, 2.75) is 38.6 Å². The molecule has 0 fully saturated rings. The molecule has 1 aliphatic carbocycles. The molecule has 0 radical (unpaired) electrons. The van der Waals surface area contributed by atoms with Gasteiger partial charge in [0, 0.05) is 23.9 Å². The summed E-state index contributed by atoms with van der Waals surface area (Å²) in [6, 6.07) is 12.6. The van der Waals surface area contributed by atoms with E-state index >= 15 is 0 Å². The highest BCUT2D eigenvalue weighted by atomic mass is 16.5. The van der Waals surface area contributed by atoms with Gasteiger partial charge in [-0.15, -0.1) is 0 Å². The van der Waals surface area contributed by atoms with Crippen LogP contribution in [0.15, 0.2) is 56.1 Å². The first kappa shape index (κ1) is 16.9. The monoisotopic (exact) mass is 377 g/mol. The number of furan rings is 1. The fraction of sp³-hybridized carbons (Fsp3) is 0.273. The number of carbonyl (C=O) groups is 1. The number of ether oxygens (including phenoxy) is 1. The Balaban J connectivity index is 1.33. The summed E-state index contributed by atoms with van der Waals surface area (Å²) in [5.41, 5.74) is 3.25. The summed E-state index contributed by atoms with van der Waals surface area (Å²) in [5.74, 6) is 0.682. The number of hydrogen-bond acceptors (Lipinski definition) is 5. The molecule has 0 unspecified atom stereocenters. The molecule has 2 heterocycles. The van der Waals surface area contributed by atoms with Crippen LogP contribution in [0.3, 0.4) is 0 Å². The molecule has 0 saturated carbocycles. The second-order valence-corrected chi connectivity index (χ2v) is 7.08. The molecule has 0 bridgehead atoms. The SMILES string of the molecule is O=C(CCn1c(=O)oc2ccccc21)Oc1ccc2oc3c(c2c1)CCCC3. The van der Waals surface area contributed by atoms with Crippen LogP contribution in [0.25, 0.3) is 22.1 Å². The van der Waals surface area contributed by atoms with Crippen LogP contribution < -0.4 is 10.5 Å². The van der Waals surface area contributed by atoms with Crippen LogP contribution in [-0.4, -0.2) is 10.5 Å². The maximum atomic E-state index is 12.3. The Kier molecular flexibility index (Phi) is 4.04. The van der Waals surface area contributed by atoms with Gasteiger partial charge in [0.05, 0.1) is 11.9 Å². The van der Waals surface area contributed by atoms with Crippen LogP contribution in [0.2, 0.25) is 0 Å². The average Bonchev–Trinajstić information content (AvgIpc) is 3.23. The Bertz CT molecular complexity index is 1240. The molecule has 4 aromatic rings. The standard InChI is InChI=1S/C22H19NO5/c24-21(11-12-23-17-6-2-4-8-20(17)28-22(23)25)26-14-9-10-19-16(13-14)15-5-1-3-7-18(15)27-19/h2,4,6,8-10,13H,1,3,5,7,11-12H2. The zero-order chi connectivity index (χ0) is 19.1. The molecule has 6 heteroatoms. The first-order valence-electron chi connectivity index (χ1n) is 9.52. The Morgan fingerprint density at radius 1 is 1.04 bits per heavy atom. The summed E-state index contributed by atoms with van der Waals surface area (Å²) in [5, 5.41) is 1.03. The van der Waals surface area contributed by atoms with E-state index in [9.17, 15) is 9.59 Å². The van der Waals surface area contributed by atoms with E-state index in [0.29, 0.717) is 16.8 Å². The van der Waals surface area contributed by atoms with Crippen molar-refractivity contribution in [1.29, 1.82) is 0 Å². The predicted molar refractivity (Wildman–Crippen MR) is 104 cm³/mol. The van der Waals surface area contributed by atoms with E-state index in [4.69, 9.17) is 13.6 Å². The van der Waals surface area contributed by atoms with E-state index in [1.807, 2.05) is 18.2 Å². The second kappa shape index (κ2) is 6.71. The number of oxazole rings is 1. The first-order chi connectivity index (χ1) is 13.7. The zero-order valence-electron chi connectivity index (χ0n) is 15.3. The molecule has 142 valence electrons. The summed E-state index contributed by atoms with van der Waals surface area (Å²) in [7, 11) is 0. The van der Waals surface area contributed by atoms with E-state index in [1.165, 1.54) is 10.1 Å². The van der Waals surface area contributed by atoms with Crippen molar-refractivity contribution >= 4 is 28.0 Å². The maximum absolute atomic E-state index is 12.3. The normalized spacial score (nSPS) is 13.7. The number of carbonyl (C=O) groups excluding carboxylic acids is 1. The van der Waals surface area contributed by atoms with Gasteiger partial charge in [0.25, 0.3) is 0 Å². The summed E-state index contributed by atoms with van der Waals surface area (Å²) >= 11 is 0. The van der Waals surface area contributed by atoms with Crippen molar-refractivity contribution in [3.63, 3.8) is 0 Å². The minimum absolute atomic E-state index is 0.0744. The van der Waals surface area contributed by atoms with Crippen molar-refractivity contribution in [1.82, 2.24) is 4.57 Å². The molecule has 2 aromatic heterocycles. The number of fused-ring (bicyclic) bond motifs is 4. The number of para-hydroxylation sites is 2. The molecule has 0 spiro atoms. The lowest BCUT2D eigenvalue weighted by Crippen LogP contribution is -2.18. The topological polar surface area (TPSA) is 74.6 Å². The van der Waals surface area contributed by atoms with Crippen LogP contribution in [0.5, 0.6) is 5.75 Å². The van der Waals surface area contributed by atoms with Gasteiger partial charge in [-0.1, -0.05) is 12.1 Å². The Morgan fingerprint density at radius 2 is 1.89 bits per heavy atom. The number of rotatable bonds is 4. The third-order valence-corrected chi connectivity index (χ3v) is 5.27. The molecule has 0 atom stereocenters. The van der Waals surface area contributed by atoms with Crippen LogP contribution in [-0.2, 0) is 24.2 Å². The van der Waals surface area contributed by atoms with Gasteiger partial charge in [0.2, 0.25) is 0 Å². The number of esters is 1. The van der Waals surface area contributed by atoms with E-state index < -0.39 is 11.7 Å². The number of aryl methyl sites for hydroxylation is 3. The molecule has 0 saturated heterocycles. The highest BCUT2D eigenvalue weighted by Crippen LogP contribution is 2.34. The Hall–Kier alpha value is -3.28. The molecule has 0 N–H and O–H groups in total. The van der Waals surface area contributed by atoms with Crippen LogP contribution >= 0.6 is 0 Å². The van der Waals surface area contributed by atoms with Gasteiger partial charge in [-0.25, -0.2) is 4.79 Å². The van der Waals surface area contributed by atoms with Crippen LogP contribution in [0.1, 0.15) is 30.6 Å². The van der Waals surface area contributed by atoms with Gasteiger partial charge >= 0.3 is 11.7 Å². The lowest BCUT2D eigenvalue weighted by atomic mass is 9.96. The van der Waals surface area contributed by atoms with E-state index in [-0.39, 0.29) is 13.0 Å². The second-order valence-electron chi connectivity index (χ2n) is 7.08. The van der Waals surface area contributed by atoms with E-state index in [1.54, 1.807) is 24.3 Å². The van der Waals surface area contributed by atoms with E-state index in [0.717, 1.165) is 42.4 Å². The number of hydrogen-bond donors (Lipinski definition) is 0. The van der Waals surface area contributed by atoms with Crippen molar-refractivity contribution in [2.24, 2.45) is 0 Å². The number of aromatic nitrogens is 1. The largest absolute Gasteiger partial charge is 0.461 e. The van der Waals surface area contributed by atoms with Gasteiger partial charge < -0.3 is 13.6 Å². The van der Waals surface area contributed by atoms with Gasteiger partial charge in [0.1, 0.15) is 17.1 Å². The van der Waals surface area contributed by atoms with E-state index in [2.05, 4.69) is 0 Å². The number of benzene rings is 2. The smallest absolute Gasteiger partial charge is 0.419 e. The average molecular weight is 377 g/mol. The zero-order valence-corrected chi connectivity index (χ0v) is 15.3. The molecule has 0 aliphatic heterocycles. The van der Waals surface area contributed by atoms with Gasteiger partial charge in [0.15, 0.2) is 5.58 Å². The lowest BCUT2D eigenvalue weighted by molar-refractivity contribution is -0.134. The summed E-state index contributed by atoms with van der Waals surface area (Å²) in [6.45, 7) is 0.206. The highest BCUT2D eigenvalue weighted by Gasteiger charge is 2.19. The van der Waals surface area contributed by atoms with Crippen LogP contribution in [0, 0.1) is 0 Å². The minimum Gasteiger partial charge on any atom is -0.461 e.